The molecule has 1 heterocycles. The summed E-state index contributed by atoms with van der Waals surface area (Å²) >= 11 is 0. The lowest BCUT2D eigenvalue weighted by Crippen LogP contribution is -2.34. The fraction of sp³-hybridized carbons (Fsp3) is 0.385. The molecule has 31 heavy (non-hydrogen) atoms. The molecule has 0 radical (unpaired) electrons. The van der Waals surface area contributed by atoms with E-state index >= 15 is 0 Å². The Morgan fingerprint density at radius 2 is 1.74 bits per heavy atom. The number of carbonyl (C=O) groups is 1. The number of aryl methyl sites for hydroxylation is 1. The van der Waals surface area contributed by atoms with Crippen molar-refractivity contribution in [3.8, 4) is 22.4 Å². The van der Waals surface area contributed by atoms with Gasteiger partial charge in [0, 0.05) is 31.0 Å². The molecule has 1 aliphatic rings. The van der Waals surface area contributed by atoms with Crippen LogP contribution in [0.3, 0.4) is 0 Å². The molecule has 5 heteroatoms. The highest BCUT2D eigenvalue weighted by Gasteiger charge is 2.32. The van der Waals surface area contributed by atoms with Crippen molar-refractivity contribution < 1.29 is 14.6 Å². The Labute approximate surface area is 183 Å². The Hall–Kier alpha value is -2.92. The van der Waals surface area contributed by atoms with Crippen molar-refractivity contribution in [2.24, 2.45) is 11.8 Å². The Morgan fingerprint density at radius 1 is 1.06 bits per heavy atom. The number of ether oxygens (including phenoxy) is 1. The molecule has 0 aliphatic heterocycles. The first-order chi connectivity index (χ1) is 15.0. The first kappa shape index (κ1) is 21.3. The number of nitrogens with zero attached hydrogens (tertiary/aromatic N) is 2. The number of methoxy groups -OCH3 is 1. The maximum Gasteiger partial charge on any atom is 0.333 e. The number of hydrogen-bond acceptors (Lipinski definition) is 3. The monoisotopic (exact) mass is 418 g/mol. The van der Waals surface area contributed by atoms with Crippen molar-refractivity contribution >= 4 is 5.97 Å². The minimum absolute atomic E-state index is 0.0966. The molecule has 0 bridgehead atoms. The highest BCUT2D eigenvalue weighted by molar-refractivity contribution is 5.80. The number of hydrogen-bond donors (Lipinski definition) is 1. The molecule has 1 aliphatic carbocycles. The second-order valence-corrected chi connectivity index (χ2v) is 8.62. The van der Waals surface area contributed by atoms with Crippen molar-refractivity contribution in [3.05, 3.63) is 66.4 Å². The van der Waals surface area contributed by atoms with Gasteiger partial charge in [-0.3, -0.25) is 4.68 Å². The van der Waals surface area contributed by atoms with Crippen LogP contribution >= 0.6 is 0 Å². The molecule has 5 nitrogen and oxygen atoms in total. The van der Waals surface area contributed by atoms with Crippen LogP contribution in [0.15, 0.2) is 60.8 Å². The van der Waals surface area contributed by atoms with E-state index in [9.17, 15) is 9.90 Å². The fourth-order valence-corrected chi connectivity index (χ4v) is 4.70. The molecule has 4 rings (SSSR count). The van der Waals surface area contributed by atoms with Crippen LogP contribution in [0.5, 0.6) is 0 Å². The fourth-order valence-electron chi connectivity index (χ4n) is 4.70. The number of rotatable bonds is 7. The zero-order chi connectivity index (χ0) is 21.8. The van der Waals surface area contributed by atoms with E-state index in [2.05, 4.69) is 54.2 Å². The number of benzene rings is 2. The second-order valence-electron chi connectivity index (χ2n) is 8.62. The lowest BCUT2D eigenvalue weighted by molar-refractivity contribution is -0.153. The first-order valence-corrected chi connectivity index (χ1v) is 11.0. The second kappa shape index (κ2) is 9.48. The first-order valence-electron chi connectivity index (χ1n) is 11.0. The van der Waals surface area contributed by atoms with E-state index in [0.29, 0.717) is 5.92 Å². The molecule has 3 aromatic rings. The highest BCUT2D eigenvalue weighted by Crippen LogP contribution is 2.35. The smallest absolute Gasteiger partial charge is 0.333 e. The van der Waals surface area contributed by atoms with E-state index in [0.717, 1.165) is 49.0 Å². The van der Waals surface area contributed by atoms with Gasteiger partial charge in [0.05, 0.1) is 0 Å². The van der Waals surface area contributed by atoms with Crippen LogP contribution < -0.4 is 0 Å². The van der Waals surface area contributed by atoms with Gasteiger partial charge in [-0.25, -0.2) is 4.79 Å². The summed E-state index contributed by atoms with van der Waals surface area (Å²) in [5, 5.41) is 14.3. The van der Waals surface area contributed by atoms with Crippen LogP contribution in [-0.2, 0) is 16.1 Å². The number of carboxylic acid groups (broad SMARTS) is 1. The van der Waals surface area contributed by atoms with Gasteiger partial charge in [0.1, 0.15) is 5.69 Å². The Balaban J connectivity index is 1.53. The predicted octanol–water partition coefficient (Wildman–Crippen LogP) is 5.43. The van der Waals surface area contributed by atoms with Crippen molar-refractivity contribution in [1.82, 2.24) is 9.78 Å². The maximum absolute atomic E-state index is 11.4. The molecule has 1 N–H and O–H groups in total. The average molecular weight is 419 g/mol. The van der Waals surface area contributed by atoms with Gasteiger partial charge < -0.3 is 9.84 Å². The number of aliphatic carboxylic acids is 1. The van der Waals surface area contributed by atoms with E-state index in [1.807, 2.05) is 18.2 Å². The number of carboxylic acids is 1. The van der Waals surface area contributed by atoms with E-state index in [1.54, 1.807) is 0 Å². The molecular formula is C26H30N2O3. The minimum atomic E-state index is -0.853. The van der Waals surface area contributed by atoms with Crippen molar-refractivity contribution in [1.29, 1.82) is 0 Å². The van der Waals surface area contributed by atoms with Crippen molar-refractivity contribution in [2.45, 2.75) is 45.3 Å². The molecule has 0 amide bonds. The maximum atomic E-state index is 11.4. The van der Waals surface area contributed by atoms with Gasteiger partial charge in [-0.15, -0.1) is 0 Å². The third-order valence-corrected chi connectivity index (χ3v) is 6.43. The largest absolute Gasteiger partial charge is 0.479 e. The van der Waals surface area contributed by atoms with E-state index < -0.39 is 12.1 Å². The van der Waals surface area contributed by atoms with Gasteiger partial charge >= 0.3 is 5.97 Å². The molecule has 1 aromatic heterocycles. The predicted molar refractivity (Wildman–Crippen MR) is 122 cm³/mol. The van der Waals surface area contributed by atoms with E-state index in [-0.39, 0.29) is 5.92 Å². The zero-order valence-corrected chi connectivity index (χ0v) is 18.2. The molecular weight excluding hydrogens is 388 g/mol. The summed E-state index contributed by atoms with van der Waals surface area (Å²) in [6, 6.07) is 18.9. The zero-order valence-electron chi connectivity index (χ0n) is 18.2. The minimum Gasteiger partial charge on any atom is -0.479 e. The molecule has 1 atom stereocenters. The molecule has 1 saturated carbocycles. The van der Waals surface area contributed by atoms with Gasteiger partial charge in [-0.1, -0.05) is 60.2 Å². The van der Waals surface area contributed by atoms with Crippen LogP contribution in [0.2, 0.25) is 0 Å². The lowest BCUT2D eigenvalue weighted by atomic mass is 9.79. The average Bonchev–Trinajstić information content (AvgIpc) is 3.20. The summed E-state index contributed by atoms with van der Waals surface area (Å²) in [7, 11) is 1.49. The van der Waals surface area contributed by atoms with Gasteiger partial charge in [0.2, 0.25) is 0 Å². The van der Waals surface area contributed by atoms with Crippen LogP contribution in [0.4, 0.5) is 0 Å². The SMILES string of the molecule is COC(C(=O)O)C1CCC(Cn2cc(-c3ccc(C)cc3)c(-c3ccccc3)n2)CC1. The molecule has 1 fully saturated rings. The Bertz CT molecular complexity index is 1000. The third-order valence-electron chi connectivity index (χ3n) is 6.43. The normalized spacial score (nSPS) is 19.8. The summed E-state index contributed by atoms with van der Waals surface area (Å²) in [6.07, 6.45) is 5.23. The molecule has 0 saturated heterocycles. The Morgan fingerprint density at radius 3 is 2.35 bits per heavy atom. The standard InChI is InChI=1S/C26H30N2O3/c1-18-8-12-20(13-9-18)23-17-28(27-24(23)21-6-4-3-5-7-21)16-19-10-14-22(15-11-19)25(31-2)26(29)30/h3-9,12-13,17,19,22,25H,10-11,14-16H2,1-2H3,(H,29,30). The van der Waals surface area contributed by atoms with E-state index in [4.69, 9.17) is 9.84 Å². The van der Waals surface area contributed by atoms with Gasteiger partial charge in [-0.2, -0.15) is 5.10 Å². The quantitative estimate of drug-likeness (QED) is 0.555. The van der Waals surface area contributed by atoms with Crippen molar-refractivity contribution in [2.75, 3.05) is 7.11 Å². The third kappa shape index (κ3) is 4.88. The van der Waals surface area contributed by atoms with E-state index in [1.165, 1.54) is 18.2 Å². The molecule has 162 valence electrons. The summed E-state index contributed by atoms with van der Waals surface area (Å²) in [6.45, 7) is 2.95. The summed E-state index contributed by atoms with van der Waals surface area (Å²) < 4.78 is 7.29. The summed E-state index contributed by atoms with van der Waals surface area (Å²) in [4.78, 5) is 11.4. The molecule has 1 unspecified atom stereocenters. The van der Waals surface area contributed by atoms with Gasteiger partial charge in [-0.05, 0) is 50.0 Å². The topological polar surface area (TPSA) is 64.3 Å². The summed E-state index contributed by atoms with van der Waals surface area (Å²) in [5.74, 6) is -0.260. The summed E-state index contributed by atoms with van der Waals surface area (Å²) in [5.41, 5.74) is 5.67. The molecule has 0 spiro atoms. The highest BCUT2D eigenvalue weighted by atomic mass is 16.5. The molecule has 2 aromatic carbocycles. The van der Waals surface area contributed by atoms with Crippen LogP contribution in [0.1, 0.15) is 31.2 Å². The van der Waals surface area contributed by atoms with Crippen LogP contribution in [-0.4, -0.2) is 34.1 Å². The van der Waals surface area contributed by atoms with Crippen LogP contribution in [0.25, 0.3) is 22.4 Å². The lowest BCUT2D eigenvalue weighted by Gasteiger charge is -2.31. The van der Waals surface area contributed by atoms with Gasteiger partial charge in [0.25, 0.3) is 0 Å². The number of aromatic nitrogens is 2. The van der Waals surface area contributed by atoms with Gasteiger partial charge in [0.15, 0.2) is 6.10 Å². The van der Waals surface area contributed by atoms with Crippen LogP contribution in [0, 0.1) is 18.8 Å². The Kier molecular flexibility index (Phi) is 6.52. The van der Waals surface area contributed by atoms with Crippen molar-refractivity contribution in [3.63, 3.8) is 0 Å².